The molecule has 1 aromatic carbocycles. The molecule has 1 aliphatic heterocycles. The van der Waals surface area contributed by atoms with E-state index in [-0.39, 0.29) is 29.4 Å². The van der Waals surface area contributed by atoms with E-state index in [0.29, 0.717) is 11.0 Å². The average Bonchev–Trinajstić information content (AvgIpc) is 2.92. The third-order valence-electron chi connectivity index (χ3n) is 3.29. The Kier molecular flexibility index (Phi) is 3.00. The summed E-state index contributed by atoms with van der Waals surface area (Å²) in [5.74, 6) is -0.164. The van der Waals surface area contributed by atoms with E-state index in [0.717, 1.165) is 6.07 Å². The first-order valence-corrected chi connectivity index (χ1v) is 6.65. The minimum absolute atomic E-state index is 0.0159. The monoisotopic (exact) mass is 347 g/mol. The second-order valence-electron chi connectivity index (χ2n) is 4.63. The van der Waals surface area contributed by atoms with Gasteiger partial charge in [-0.2, -0.15) is 13.2 Å². The number of rotatable bonds is 1. The summed E-state index contributed by atoms with van der Waals surface area (Å²) in [6.07, 6.45) is -2.95. The van der Waals surface area contributed by atoms with Gasteiger partial charge in [-0.15, -0.1) is 0 Å². The predicted octanol–water partition coefficient (Wildman–Crippen LogP) is 2.88. The maximum atomic E-state index is 13.2. The van der Waals surface area contributed by atoms with E-state index in [1.54, 1.807) is 0 Å². The zero-order chi connectivity index (χ0) is 14.5. The number of halogens is 4. The van der Waals surface area contributed by atoms with Crippen LogP contribution in [0.2, 0.25) is 0 Å². The lowest BCUT2D eigenvalue weighted by Crippen LogP contribution is -2.16. The Labute approximate surface area is 120 Å². The molecular weight excluding hydrogens is 339 g/mol. The van der Waals surface area contributed by atoms with Crippen molar-refractivity contribution in [1.29, 1.82) is 0 Å². The molecule has 0 spiro atoms. The number of hydrogen-bond donors (Lipinski definition) is 1. The van der Waals surface area contributed by atoms with Crippen molar-refractivity contribution in [2.24, 2.45) is 0 Å². The van der Waals surface area contributed by atoms with Gasteiger partial charge in [-0.3, -0.25) is 4.79 Å². The quantitative estimate of drug-likeness (QED) is 0.862. The van der Waals surface area contributed by atoms with Crippen LogP contribution in [0.1, 0.15) is 18.0 Å². The van der Waals surface area contributed by atoms with Crippen molar-refractivity contribution in [3.8, 4) is 0 Å². The average molecular weight is 348 g/mol. The van der Waals surface area contributed by atoms with E-state index in [9.17, 15) is 18.0 Å². The fourth-order valence-corrected chi connectivity index (χ4v) is 2.86. The molecule has 4 nitrogen and oxygen atoms in total. The second kappa shape index (κ2) is 4.47. The molecule has 1 saturated heterocycles. The lowest BCUT2D eigenvalue weighted by molar-refractivity contribution is -0.136. The number of nitrogens with zero attached hydrogens (tertiary/aromatic N) is 2. The molecular formula is C12H9BrF3N3O. The number of amides is 1. The molecule has 1 aliphatic rings. The summed E-state index contributed by atoms with van der Waals surface area (Å²) in [4.78, 5) is 15.3. The van der Waals surface area contributed by atoms with Crippen LogP contribution in [-0.2, 0) is 11.0 Å². The number of carbonyl (C=O) groups is 1. The molecule has 1 amide bonds. The highest BCUT2D eigenvalue weighted by Crippen LogP contribution is 2.38. The van der Waals surface area contributed by atoms with Crippen LogP contribution in [0.25, 0.3) is 11.0 Å². The molecule has 1 fully saturated rings. The van der Waals surface area contributed by atoms with Crippen molar-refractivity contribution in [3.05, 3.63) is 28.5 Å². The number of benzene rings is 1. The Morgan fingerprint density at radius 1 is 1.40 bits per heavy atom. The number of alkyl halides is 3. The molecule has 0 aliphatic carbocycles. The summed E-state index contributed by atoms with van der Waals surface area (Å²) in [7, 11) is 0. The highest BCUT2D eigenvalue weighted by atomic mass is 79.9. The summed E-state index contributed by atoms with van der Waals surface area (Å²) >= 11 is 3.06. The molecule has 106 valence electrons. The van der Waals surface area contributed by atoms with Crippen LogP contribution in [0.3, 0.4) is 0 Å². The molecule has 1 unspecified atom stereocenters. The fraction of sp³-hybridized carbons (Fsp3) is 0.333. The van der Waals surface area contributed by atoms with Crippen LogP contribution in [-0.4, -0.2) is 22.0 Å². The third kappa shape index (κ3) is 2.17. The van der Waals surface area contributed by atoms with Gasteiger partial charge < -0.3 is 9.88 Å². The van der Waals surface area contributed by atoms with Gasteiger partial charge in [0.1, 0.15) is 0 Å². The Balaban J connectivity index is 2.22. The van der Waals surface area contributed by atoms with Gasteiger partial charge in [-0.25, -0.2) is 4.98 Å². The van der Waals surface area contributed by atoms with Crippen LogP contribution < -0.4 is 5.32 Å². The molecule has 0 saturated carbocycles. The van der Waals surface area contributed by atoms with Crippen molar-refractivity contribution < 1.29 is 18.0 Å². The van der Waals surface area contributed by atoms with Crippen molar-refractivity contribution in [1.82, 2.24) is 14.9 Å². The van der Waals surface area contributed by atoms with E-state index in [4.69, 9.17) is 0 Å². The van der Waals surface area contributed by atoms with Crippen LogP contribution >= 0.6 is 15.9 Å². The predicted molar refractivity (Wildman–Crippen MR) is 69.1 cm³/mol. The Morgan fingerprint density at radius 3 is 2.75 bits per heavy atom. The lowest BCUT2D eigenvalue weighted by Gasteiger charge is -2.15. The Hall–Kier alpha value is -1.57. The van der Waals surface area contributed by atoms with E-state index in [1.807, 2.05) is 0 Å². The molecule has 8 heteroatoms. The number of aromatic nitrogens is 2. The molecule has 20 heavy (non-hydrogen) atoms. The molecule has 1 aromatic heterocycles. The van der Waals surface area contributed by atoms with E-state index in [1.165, 1.54) is 17.0 Å². The minimum atomic E-state index is -4.48. The van der Waals surface area contributed by atoms with Gasteiger partial charge in [0.2, 0.25) is 5.91 Å². The third-order valence-corrected chi connectivity index (χ3v) is 3.75. The summed E-state index contributed by atoms with van der Waals surface area (Å²) in [6, 6.07) is 2.23. The zero-order valence-electron chi connectivity index (χ0n) is 10.0. The van der Waals surface area contributed by atoms with Crippen LogP contribution in [0, 0.1) is 0 Å². The van der Waals surface area contributed by atoms with Crippen molar-refractivity contribution >= 4 is 32.9 Å². The maximum absolute atomic E-state index is 13.2. The SMILES string of the molecule is O=C1CC(n2cnc3cc(Br)cc(C(F)(F)F)c32)CN1. The number of carbonyl (C=O) groups excluding carboxylic acids is 1. The Bertz CT molecular complexity index is 695. The standard InChI is InChI=1S/C12H9BrF3N3O/c13-6-1-8(12(14,15)16)11-9(2-6)18-5-19(11)7-3-10(20)17-4-7/h1-2,5,7H,3-4H2,(H,17,20). The zero-order valence-corrected chi connectivity index (χ0v) is 11.6. The highest BCUT2D eigenvalue weighted by molar-refractivity contribution is 9.10. The number of nitrogens with one attached hydrogen (secondary N) is 1. The number of imidazole rings is 1. The molecule has 0 radical (unpaired) electrons. The number of fused-ring (bicyclic) bond motifs is 1. The summed E-state index contributed by atoms with van der Waals surface area (Å²) in [5.41, 5.74) is -0.480. The van der Waals surface area contributed by atoms with Crippen molar-refractivity contribution in [2.45, 2.75) is 18.6 Å². The van der Waals surface area contributed by atoms with Gasteiger partial charge in [-0.1, -0.05) is 15.9 Å². The van der Waals surface area contributed by atoms with Gasteiger partial charge in [0, 0.05) is 17.4 Å². The summed E-state index contributed by atoms with van der Waals surface area (Å²) in [6.45, 7) is 0.317. The van der Waals surface area contributed by atoms with Crippen molar-refractivity contribution in [2.75, 3.05) is 6.54 Å². The first-order valence-electron chi connectivity index (χ1n) is 5.86. The molecule has 2 aromatic rings. The highest BCUT2D eigenvalue weighted by Gasteiger charge is 2.36. The van der Waals surface area contributed by atoms with Gasteiger partial charge in [-0.05, 0) is 12.1 Å². The van der Waals surface area contributed by atoms with E-state index in [2.05, 4.69) is 26.2 Å². The topological polar surface area (TPSA) is 46.9 Å². The largest absolute Gasteiger partial charge is 0.418 e. The van der Waals surface area contributed by atoms with Crippen LogP contribution in [0.5, 0.6) is 0 Å². The first-order chi connectivity index (χ1) is 9.36. The van der Waals surface area contributed by atoms with Gasteiger partial charge >= 0.3 is 6.18 Å². The van der Waals surface area contributed by atoms with Gasteiger partial charge in [0.25, 0.3) is 0 Å². The normalized spacial score (nSPS) is 19.6. The molecule has 3 rings (SSSR count). The van der Waals surface area contributed by atoms with E-state index >= 15 is 0 Å². The molecule has 0 bridgehead atoms. The van der Waals surface area contributed by atoms with Crippen molar-refractivity contribution in [3.63, 3.8) is 0 Å². The van der Waals surface area contributed by atoms with E-state index < -0.39 is 11.7 Å². The summed E-state index contributed by atoms with van der Waals surface area (Å²) in [5, 5.41) is 2.61. The van der Waals surface area contributed by atoms with Crippen LogP contribution in [0.4, 0.5) is 13.2 Å². The van der Waals surface area contributed by atoms with Gasteiger partial charge in [0.05, 0.1) is 29.0 Å². The smallest absolute Gasteiger partial charge is 0.354 e. The number of hydrogen-bond acceptors (Lipinski definition) is 2. The minimum Gasteiger partial charge on any atom is -0.354 e. The van der Waals surface area contributed by atoms with Crippen LogP contribution in [0.15, 0.2) is 22.9 Å². The van der Waals surface area contributed by atoms with Gasteiger partial charge in [0.15, 0.2) is 0 Å². The summed E-state index contributed by atoms with van der Waals surface area (Å²) < 4.78 is 41.3. The molecule has 1 N–H and O–H groups in total. The maximum Gasteiger partial charge on any atom is 0.418 e. The molecule has 1 atom stereocenters. The Morgan fingerprint density at radius 2 is 2.15 bits per heavy atom. The molecule has 2 heterocycles. The first kappa shape index (κ1) is 13.4. The lowest BCUT2D eigenvalue weighted by atomic mass is 10.1. The second-order valence-corrected chi connectivity index (χ2v) is 5.55. The fourth-order valence-electron chi connectivity index (χ4n) is 2.42.